The predicted molar refractivity (Wildman–Crippen MR) is 85.3 cm³/mol. The van der Waals surface area contributed by atoms with E-state index in [-0.39, 0.29) is 5.82 Å². The Bertz CT molecular complexity index is 755. The molecular weight excluding hydrogens is 319 g/mol. The Kier molecular flexibility index (Phi) is 4.42. The number of anilines is 1. The largest absolute Gasteiger partial charge is 0.497 e. The Morgan fingerprint density at radius 1 is 1.17 bits per heavy atom. The van der Waals surface area contributed by atoms with Crippen molar-refractivity contribution in [3.05, 3.63) is 53.2 Å². The number of alkyl halides is 3. The van der Waals surface area contributed by atoms with Gasteiger partial charge in [0.15, 0.2) is 0 Å². The fourth-order valence-corrected chi connectivity index (χ4v) is 2.63. The van der Waals surface area contributed by atoms with Crippen LogP contribution in [0, 0.1) is 0 Å². The van der Waals surface area contributed by atoms with Crippen molar-refractivity contribution in [3.8, 4) is 5.75 Å². The highest BCUT2D eigenvalue weighted by Gasteiger charge is 2.30. The molecule has 0 aliphatic heterocycles. The van der Waals surface area contributed by atoms with Crippen molar-refractivity contribution in [2.24, 2.45) is 5.10 Å². The van der Waals surface area contributed by atoms with Gasteiger partial charge in [0.1, 0.15) is 11.6 Å². The first-order valence-electron chi connectivity index (χ1n) is 7.50. The number of halogens is 3. The molecule has 0 amide bonds. The second-order valence-electron chi connectivity index (χ2n) is 5.48. The zero-order valence-electron chi connectivity index (χ0n) is 13.0. The number of hydrazone groups is 1. The van der Waals surface area contributed by atoms with Gasteiger partial charge in [0.2, 0.25) is 0 Å². The van der Waals surface area contributed by atoms with Crippen molar-refractivity contribution in [3.63, 3.8) is 0 Å². The monoisotopic (exact) mass is 335 g/mol. The molecule has 1 aliphatic carbocycles. The van der Waals surface area contributed by atoms with Gasteiger partial charge in [-0.3, -0.25) is 5.43 Å². The second-order valence-corrected chi connectivity index (χ2v) is 5.48. The van der Waals surface area contributed by atoms with Crippen LogP contribution in [0.2, 0.25) is 0 Å². The van der Waals surface area contributed by atoms with Crippen LogP contribution in [0.4, 0.5) is 19.0 Å². The topological polar surface area (TPSA) is 46.5 Å². The molecule has 24 heavy (non-hydrogen) atoms. The summed E-state index contributed by atoms with van der Waals surface area (Å²) in [6.45, 7) is 0. The first kappa shape index (κ1) is 16.3. The first-order valence-corrected chi connectivity index (χ1v) is 7.50. The van der Waals surface area contributed by atoms with Crippen LogP contribution in [-0.4, -0.2) is 17.8 Å². The number of ether oxygens (including phenoxy) is 1. The Morgan fingerprint density at radius 3 is 2.67 bits per heavy atom. The molecule has 3 rings (SSSR count). The van der Waals surface area contributed by atoms with Gasteiger partial charge in [-0.25, -0.2) is 4.98 Å². The van der Waals surface area contributed by atoms with Crippen molar-refractivity contribution >= 4 is 11.5 Å². The number of nitrogens with zero attached hydrogens (tertiary/aromatic N) is 2. The van der Waals surface area contributed by atoms with E-state index in [9.17, 15) is 13.2 Å². The minimum absolute atomic E-state index is 0.274. The van der Waals surface area contributed by atoms with E-state index in [1.54, 1.807) is 7.11 Å². The maximum Gasteiger partial charge on any atom is 0.417 e. The molecule has 0 unspecified atom stereocenters. The van der Waals surface area contributed by atoms with Crippen LogP contribution in [0.3, 0.4) is 0 Å². The summed E-state index contributed by atoms with van der Waals surface area (Å²) in [5, 5.41) is 4.32. The minimum Gasteiger partial charge on any atom is -0.497 e. The van der Waals surface area contributed by atoms with E-state index in [4.69, 9.17) is 4.74 Å². The number of hydrogen-bond acceptors (Lipinski definition) is 4. The highest BCUT2D eigenvalue weighted by Crippen LogP contribution is 2.29. The van der Waals surface area contributed by atoms with Crippen LogP contribution in [0.5, 0.6) is 5.75 Å². The van der Waals surface area contributed by atoms with Crippen molar-refractivity contribution < 1.29 is 17.9 Å². The van der Waals surface area contributed by atoms with E-state index in [0.717, 1.165) is 54.1 Å². The highest BCUT2D eigenvalue weighted by atomic mass is 19.4. The Balaban J connectivity index is 1.79. The lowest BCUT2D eigenvalue weighted by Crippen LogP contribution is -2.14. The second kappa shape index (κ2) is 6.51. The van der Waals surface area contributed by atoms with Crippen LogP contribution in [0.1, 0.15) is 29.5 Å². The van der Waals surface area contributed by atoms with E-state index in [2.05, 4.69) is 15.5 Å². The van der Waals surface area contributed by atoms with Gasteiger partial charge in [0.25, 0.3) is 0 Å². The summed E-state index contributed by atoms with van der Waals surface area (Å²) < 4.78 is 42.8. The molecule has 2 aromatic rings. The number of hydrogen-bond donors (Lipinski definition) is 1. The molecule has 1 aliphatic rings. The van der Waals surface area contributed by atoms with Gasteiger partial charge in [-0.05, 0) is 55.2 Å². The third kappa shape index (κ3) is 3.50. The maximum atomic E-state index is 12.5. The van der Waals surface area contributed by atoms with Crippen molar-refractivity contribution in [2.45, 2.75) is 25.4 Å². The number of aryl methyl sites for hydroxylation is 1. The minimum atomic E-state index is -4.39. The highest BCUT2D eigenvalue weighted by molar-refractivity contribution is 6.03. The standard InChI is InChI=1S/C17H16F3N3O/c1-24-13-6-7-14-11(9-13)3-2-4-15(14)22-23-16-8-5-12(10-21-16)17(18,19)20/h5-10H,2-4H2,1H3,(H,21,23). The summed E-state index contributed by atoms with van der Waals surface area (Å²) in [5.74, 6) is 1.07. The molecule has 0 atom stereocenters. The van der Waals surface area contributed by atoms with Crippen LogP contribution >= 0.6 is 0 Å². The SMILES string of the molecule is COc1ccc2c(c1)CCCC2=NNc1ccc(C(F)(F)F)cn1. The van der Waals surface area contributed by atoms with E-state index in [1.165, 1.54) is 6.07 Å². The van der Waals surface area contributed by atoms with Crippen molar-refractivity contribution in [1.82, 2.24) is 4.98 Å². The summed E-state index contributed by atoms with van der Waals surface area (Å²) in [6, 6.07) is 8.06. The third-order valence-electron chi connectivity index (χ3n) is 3.88. The lowest BCUT2D eigenvalue weighted by atomic mass is 9.90. The van der Waals surface area contributed by atoms with Crippen molar-refractivity contribution in [1.29, 1.82) is 0 Å². The van der Waals surface area contributed by atoms with Gasteiger partial charge in [-0.2, -0.15) is 18.3 Å². The molecule has 1 N–H and O–H groups in total. The lowest BCUT2D eigenvalue weighted by Gasteiger charge is -2.18. The number of pyridine rings is 1. The molecule has 0 radical (unpaired) electrons. The van der Waals surface area contributed by atoms with Crippen LogP contribution < -0.4 is 10.2 Å². The zero-order valence-corrected chi connectivity index (χ0v) is 13.0. The number of nitrogens with one attached hydrogen (secondary N) is 1. The molecule has 0 saturated carbocycles. The van der Waals surface area contributed by atoms with E-state index < -0.39 is 11.7 Å². The molecule has 0 saturated heterocycles. The van der Waals surface area contributed by atoms with E-state index in [0.29, 0.717) is 0 Å². The van der Waals surface area contributed by atoms with Gasteiger partial charge in [-0.15, -0.1) is 0 Å². The molecule has 0 bridgehead atoms. The Hall–Kier alpha value is -2.57. The Labute approximate surface area is 137 Å². The molecule has 1 aromatic carbocycles. The predicted octanol–water partition coefficient (Wildman–Crippen LogP) is 4.26. The molecule has 1 aromatic heterocycles. The van der Waals surface area contributed by atoms with Crippen LogP contribution in [0.25, 0.3) is 0 Å². The molecule has 7 heteroatoms. The number of methoxy groups -OCH3 is 1. The average Bonchev–Trinajstić information content (AvgIpc) is 2.59. The summed E-state index contributed by atoms with van der Waals surface area (Å²) in [6.07, 6.45) is -0.890. The smallest absolute Gasteiger partial charge is 0.417 e. The fourth-order valence-electron chi connectivity index (χ4n) is 2.63. The van der Waals surface area contributed by atoms with Crippen LogP contribution in [0.15, 0.2) is 41.6 Å². The summed E-state index contributed by atoms with van der Waals surface area (Å²) in [7, 11) is 1.62. The molecule has 1 heterocycles. The quantitative estimate of drug-likeness (QED) is 0.853. The van der Waals surface area contributed by atoms with Gasteiger partial charge in [0.05, 0.1) is 18.4 Å². The first-order chi connectivity index (χ1) is 11.5. The van der Waals surface area contributed by atoms with Gasteiger partial charge in [0, 0.05) is 11.8 Å². The normalized spacial score (nSPS) is 15.9. The summed E-state index contributed by atoms with van der Waals surface area (Å²) in [5.41, 5.74) is 5.00. The lowest BCUT2D eigenvalue weighted by molar-refractivity contribution is -0.137. The van der Waals surface area contributed by atoms with Gasteiger partial charge >= 0.3 is 6.18 Å². The maximum absolute atomic E-state index is 12.5. The number of benzene rings is 1. The number of fused-ring (bicyclic) bond motifs is 1. The van der Waals surface area contributed by atoms with Gasteiger partial charge in [-0.1, -0.05) is 0 Å². The average molecular weight is 335 g/mol. The molecular formula is C17H16F3N3O. The summed E-state index contributed by atoms with van der Waals surface area (Å²) >= 11 is 0. The Morgan fingerprint density at radius 2 is 2.00 bits per heavy atom. The van der Waals surface area contributed by atoms with E-state index >= 15 is 0 Å². The fraction of sp³-hybridized carbons (Fsp3) is 0.294. The third-order valence-corrected chi connectivity index (χ3v) is 3.88. The number of rotatable bonds is 3. The van der Waals surface area contributed by atoms with E-state index in [1.807, 2.05) is 18.2 Å². The van der Waals surface area contributed by atoms with Crippen molar-refractivity contribution in [2.75, 3.05) is 12.5 Å². The molecule has 0 fully saturated rings. The molecule has 4 nitrogen and oxygen atoms in total. The molecule has 126 valence electrons. The zero-order chi connectivity index (χ0) is 17.2. The summed E-state index contributed by atoms with van der Waals surface area (Å²) in [4.78, 5) is 3.75. The van der Waals surface area contributed by atoms with Crippen LogP contribution in [-0.2, 0) is 12.6 Å². The van der Waals surface area contributed by atoms with Gasteiger partial charge < -0.3 is 4.74 Å². The molecule has 0 spiro atoms. The number of aromatic nitrogens is 1.